The Labute approximate surface area is 173 Å². The smallest absolute Gasteiger partial charge is 0.190 e. The standard InChI is InChI=1S/C18H22FN5S.HI/c1-12-24-15(11-25-12)6-8-22-18(20-2)21-7-5-13-10-23-17-9-14(19)3-4-16(13)17;/h3-4,9-11,23H,5-8H2,1-2H3,(H2,20,21,22);1H. The van der Waals surface area contributed by atoms with Crippen molar-refractivity contribution in [3.05, 3.63) is 51.9 Å². The minimum atomic E-state index is -0.223. The molecule has 0 aliphatic carbocycles. The van der Waals surface area contributed by atoms with Crippen LogP contribution < -0.4 is 10.6 Å². The molecule has 0 aliphatic rings. The Morgan fingerprint density at radius 3 is 2.73 bits per heavy atom. The highest BCUT2D eigenvalue weighted by Gasteiger charge is 2.05. The Bertz CT molecular complexity index is 873. The molecule has 5 nitrogen and oxygen atoms in total. The van der Waals surface area contributed by atoms with E-state index in [4.69, 9.17) is 0 Å². The van der Waals surface area contributed by atoms with Gasteiger partial charge in [0, 0.05) is 49.0 Å². The number of H-pyrrole nitrogens is 1. The van der Waals surface area contributed by atoms with E-state index in [2.05, 4.69) is 31.0 Å². The molecule has 0 radical (unpaired) electrons. The van der Waals surface area contributed by atoms with Crippen LogP contribution in [0.4, 0.5) is 4.39 Å². The number of rotatable bonds is 6. The summed E-state index contributed by atoms with van der Waals surface area (Å²) >= 11 is 1.67. The summed E-state index contributed by atoms with van der Waals surface area (Å²) in [5.74, 6) is 0.553. The van der Waals surface area contributed by atoms with Crippen LogP contribution in [-0.4, -0.2) is 36.1 Å². The van der Waals surface area contributed by atoms with Gasteiger partial charge in [0.1, 0.15) is 5.82 Å². The van der Waals surface area contributed by atoms with Gasteiger partial charge in [0.05, 0.1) is 10.7 Å². The summed E-state index contributed by atoms with van der Waals surface area (Å²) in [6, 6.07) is 4.83. The van der Waals surface area contributed by atoms with E-state index in [1.165, 1.54) is 12.1 Å². The van der Waals surface area contributed by atoms with Gasteiger partial charge in [0.15, 0.2) is 5.96 Å². The minimum absolute atomic E-state index is 0. The third kappa shape index (κ3) is 5.41. The van der Waals surface area contributed by atoms with Crippen molar-refractivity contribution < 1.29 is 4.39 Å². The number of aromatic amines is 1. The average Bonchev–Trinajstić information content (AvgIpc) is 3.19. The van der Waals surface area contributed by atoms with Gasteiger partial charge in [-0.3, -0.25) is 4.99 Å². The second-order valence-corrected chi connectivity index (χ2v) is 6.85. The lowest BCUT2D eigenvalue weighted by Crippen LogP contribution is -2.39. The predicted molar refractivity (Wildman–Crippen MR) is 117 cm³/mol. The molecule has 2 heterocycles. The van der Waals surface area contributed by atoms with Crippen LogP contribution in [0.1, 0.15) is 16.3 Å². The lowest BCUT2D eigenvalue weighted by Gasteiger charge is -2.11. The van der Waals surface area contributed by atoms with Crippen LogP contribution in [0.15, 0.2) is 34.8 Å². The van der Waals surface area contributed by atoms with Crippen LogP contribution in [0.25, 0.3) is 10.9 Å². The van der Waals surface area contributed by atoms with Crippen molar-refractivity contribution in [3.8, 4) is 0 Å². The van der Waals surface area contributed by atoms with Gasteiger partial charge in [0.25, 0.3) is 0 Å². The normalized spacial score (nSPS) is 11.4. The van der Waals surface area contributed by atoms with E-state index in [1.807, 2.05) is 19.2 Å². The van der Waals surface area contributed by atoms with Crippen molar-refractivity contribution in [2.24, 2.45) is 4.99 Å². The molecule has 0 aliphatic heterocycles. The number of guanidine groups is 1. The maximum absolute atomic E-state index is 13.2. The van der Waals surface area contributed by atoms with E-state index < -0.39 is 0 Å². The van der Waals surface area contributed by atoms with Crippen LogP contribution in [0, 0.1) is 12.7 Å². The van der Waals surface area contributed by atoms with E-state index in [0.717, 1.165) is 59.1 Å². The van der Waals surface area contributed by atoms with E-state index in [1.54, 1.807) is 18.4 Å². The summed E-state index contributed by atoms with van der Waals surface area (Å²) in [6.07, 6.45) is 3.64. The molecule has 3 rings (SSSR count). The Balaban J connectivity index is 0.00000243. The van der Waals surface area contributed by atoms with Crippen molar-refractivity contribution in [1.82, 2.24) is 20.6 Å². The van der Waals surface area contributed by atoms with E-state index >= 15 is 0 Å². The molecule has 0 amide bonds. The van der Waals surface area contributed by atoms with Gasteiger partial charge in [0.2, 0.25) is 0 Å². The van der Waals surface area contributed by atoms with Crippen LogP contribution in [0.2, 0.25) is 0 Å². The molecule has 0 saturated heterocycles. The topological polar surface area (TPSA) is 65.1 Å². The van der Waals surface area contributed by atoms with Gasteiger partial charge in [-0.25, -0.2) is 9.37 Å². The second kappa shape index (κ2) is 9.86. The molecule has 2 aromatic heterocycles. The molecular weight excluding hydrogens is 464 g/mol. The van der Waals surface area contributed by atoms with Crippen molar-refractivity contribution in [1.29, 1.82) is 0 Å². The molecule has 1 aromatic carbocycles. The van der Waals surface area contributed by atoms with Crippen LogP contribution in [0.3, 0.4) is 0 Å². The molecule has 26 heavy (non-hydrogen) atoms. The summed E-state index contributed by atoms with van der Waals surface area (Å²) in [5, 5.41) is 10.9. The molecule has 3 aromatic rings. The van der Waals surface area contributed by atoms with Crippen molar-refractivity contribution in [2.45, 2.75) is 19.8 Å². The van der Waals surface area contributed by atoms with Crippen LogP contribution >= 0.6 is 35.3 Å². The number of nitrogens with zero attached hydrogens (tertiary/aromatic N) is 2. The van der Waals surface area contributed by atoms with Gasteiger partial charge in [-0.2, -0.15) is 0 Å². The summed E-state index contributed by atoms with van der Waals surface area (Å²) in [5.41, 5.74) is 3.10. The first-order valence-electron chi connectivity index (χ1n) is 8.27. The van der Waals surface area contributed by atoms with Gasteiger partial charge < -0.3 is 15.6 Å². The molecule has 0 fully saturated rings. The first-order valence-corrected chi connectivity index (χ1v) is 9.14. The number of benzene rings is 1. The average molecular weight is 487 g/mol. The minimum Gasteiger partial charge on any atom is -0.361 e. The zero-order valence-corrected chi connectivity index (χ0v) is 18.0. The Morgan fingerprint density at radius 2 is 2.04 bits per heavy atom. The van der Waals surface area contributed by atoms with Crippen molar-refractivity contribution >= 4 is 52.2 Å². The molecule has 8 heteroatoms. The monoisotopic (exact) mass is 487 g/mol. The van der Waals surface area contributed by atoms with Gasteiger partial charge in [-0.15, -0.1) is 35.3 Å². The molecule has 140 valence electrons. The van der Waals surface area contributed by atoms with Crippen molar-refractivity contribution in [3.63, 3.8) is 0 Å². The fourth-order valence-electron chi connectivity index (χ4n) is 2.73. The van der Waals surface area contributed by atoms with Gasteiger partial charge in [-0.1, -0.05) is 0 Å². The van der Waals surface area contributed by atoms with Crippen LogP contribution in [0.5, 0.6) is 0 Å². The third-order valence-electron chi connectivity index (χ3n) is 3.98. The first kappa shape index (κ1) is 20.6. The quantitative estimate of drug-likeness (QED) is 0.283. The largest absolute Gasteiger partial charge is 0.361 e. The maximum Gasteiger partial charge on any atom is 0.190 e. The molecule has 0 spiro atoms. The molecular formula is C18H23FIN5S. The summed E-state index contributed by atoms with van der Waals surface area (Å²) in [7, 11) is 1.76. The second-order valence-electron chi connectivity index (χ2n) is 5.79. The highest BCUT2D eigenvalue weighted by molar-refractivity contribution is 14.0. The summed E-state index contributed by atoms with van der Waals surface area (Å²) in [4.78, 5) is 11.8. The number of nitrogens with one attached hydrogen (secondary N) is 3. The number of hydrogen-bond acceptors (Lipinski definition) is 3. The number of thiazole rings is 1. The predicted octanol–water partition coefficient (Wildman–Crippen LogP) is 3.64. The summed E-state index contributed by atoms with van der Waals surface area (Å²) < 4.78 is 13.2. The Kier molecular flexibility index (Phi) is 7.83. The maximum atomic E-state index is 13.2. The molecule has 3 N–H and O–H groups in total. The third-order valence-corrected chi connectivity index (χ3v) is 4.80. The highest BCUT2D eigenvalue weighted by Crippen LogP contribution is 2.19. The SMILES string of the molecule is CN=C(NCCc1csc(C)n1)NCCc1c[nH]c2cc(F)ccc12.I. The van der Waals surface area contributed by atoms with Crippen molar-refractivity contribution in [2.75, 3.05) is 20.1 Å². The lowest BCUT2D eigenvalue weighted by atomic mass is 10.1. The van der Waals surface area contributed by atoms with E-state index in [9.17, 15) is 4.39 Å². The molecule has 0 atom stereocenters. The molecule has 0 saturated carbocycles. The van der Waals surface area contributed by atoms with E-state index in [-0.39, 0.29) is 29.8 Å². The fraction of sp³-hybridized carbons (Fsp3) is 0.333. The number of aromatic nitrogens is 2. The number of aryl methyl sites for hydroxylation is 1. The van der Waals surface area contributed by atoms with Gasteiger partial charge in [-0.05, 0) is 37.1 Å². The molecule has 0 unspecified atom stereocenters. The Morgan fingerprint density at radius 1 is 1.27 bits per heavy atom. The van der Waals surface area contributed by atoms with E-state index in [0.29, 0.717) is 0 Å². The number of aliphatic imine (C=N–C) groups is 1. The van der Waals surface area contributed by atoms with Gasteiger partial charge >= 0.3 is 0 Å². The van der Waals surface area contributed by atoms with Crippen LogP contribution in [-0.2, 0) is 12.8 Å². The fourth-order valence-corrected chi connectivity index (χ4v) is 3.38. The summed E-state index contributed by atoms with van der Waals surface area (Å²) in [6.45, 7) is 3.55. The first-order chi connectivity index (χ1) is 12.2. The zero-order valence-electron chi connectivity index (χ0n) is 14.8. The lowest BCUT2D eigenvalue weighted by molar-refractivity contribution is 0.629. The number of hydrogen-bond donors (Lipinski definition) is 3. The number of fused-ring (bicyclic) bond motifs is 1. The highest BCUT2D eigenvalue weighted by atomic mass is 127. The molecule has 0 bridgehead atoms. The number of halogens is 2. The Hall–Kier alpha value is -1.68. The zero-order chi connectivity index (χ0) is 17.6.